The van der Waals surface area contributed by atoms with Gasteiger partial charge in [0.2, 0.25) is 5.13 Å². The van der Waals surface area contributed by atoms with E-state index in [-0.39, 0.29) is 0 Å². The molecule has 3 rings (SSSR count). The van der Waals surface area contributed by atoms with E-state index >= 15 is 0 Å². The van der Waals surface area contributed by atoms with Crippen LogP contribution in [0.2, 0.25) is 0 Å². The predicted molar refractivity (Wildman–Crippen MR) is 117 cm³/mol. The van der Waals surface area contributed by atoms with E-state index in [9.17, 15) is 0 Å². The van der Waals surface area contributed by atoms with Crippen molar-refractivity contribution in [1.29, 1.82) is 0 Å². The van der Waals surface area contributed by atoms with Crippen LogP contribution in [-0.2, 0) is 6.42 Å². The molecule has 0 saturated heterocycles. The number of hydrazone groups is 1. The van der Waals surface area contributed by atoms with Crippen LogP contribution in [0.3, 0.4) is 0 Å². The van der Waals surface area contributed by atoms with E-state index in [4.69, 9.17) is 9.47 Å². The summed E-state index contributed by atoms with van der Waals surface area (Å²) in [5.41, 5.74) is 6.93. The zero-order chi connectivity index (χ0) is 19.8. The van der Waals surface area contributed by atoms with Crippen molar-refractivity contribution in [2.75, 3.05) is 19.1 Å². The summed E-state index contributed by atoms with van der Waals surface area (Å²) in [5.74, 6) is 1.44. The van der Waals surface area contributed by atoms with Gasteiger partial charge in [0.25, 0.3) is 0 Å². The SMILES string of the molecule is C=CCc1cc(C=NNc2nc(-c3ccccc3)cs2)cc(OC)c1OCC. The first-order chi connectivity index (χ1) is 13.7. The third-order valence-corrected chi connectivity index (χ3v) is 4.72. The molecule has 0 saturated carbocycles. The number of hydrogen-bond donors (Lipinski definition) is 1. The first kappa shape index (κ1) is 19.6. The smallest absolute Gasteiger partial charge is 0.203 e. The van der Waals surface area contributed by atoms with E-state index < -0.39 is 0 Å². The Bertz CT molecular complexity index is 952. The highest BCUT2D eigenvalue weighted by Crippen LogP contribution is 2.33. The summed E-state index contributed by atoms with van der Waals surface area (Å²) in [7, 11) is 1.63. The molecule has 0 bridgehead atoms. The highest BCUT2D eigenvalue weighted by molar-refractivity contribution is 7.14. The van der Waals surface area contributed by atoms with Gasteiger partial charge in [0, 0.05) is 16.5 Å². The average molecular weight is 394 g/mol. The number of ether oxygens (including phenoxy) is 2. The fourth-order valence-corrected chi connectivity index (χ4v) is 3.42. The van der Waals surface area contributed by atoms with Crippen molar-refractivity contribution in [1.82, 2.24) is 4.98 Å². The molecule has 0 atom stereocenters. The summed E-state index contributed by atoms with van der Waals surface area (Å²) in [4.78, 5) is 4.57. The number of rotatable bonds is 9. The second-order valence-corrected chi connectivity index (χ2v) is 6.77. The van der Waals surface area contributed by atoms with Crippen molar-refractivity contribution in [2.45, 2.75) is 13.3 Å². The van der Waals surface area contributed by atoms with Crippen LogP contribution in [0.4, 0.5) is 5.13 Å². The summed E-state index contributed by atoms with van der Waals surface area (Å²) in [6.45, 7) is 6.35. The van der Waals surface area contributed by atoms with Crippen LogP contribution >= 0.6 is 11.3 Å². The molecule has 0 radical (unpaired) electrons. The van der Waals surface area contributed by atoms with Crippen molar-refractivity contribution >= 4 is 22.7 Å². The maximum atomic E-state index is 5.74. The molecule has 0 unspecified atom stereocenters. The first-order valence-electron chi connectivity index (χ1n) is 8.99. The van der Waals surface area contributed by atoms with Gasteiger partial charge in [0.15, 0.2) is 11.5 Å². The van der Waals surface area contributed by atoms with Crippen LogP contribution < -0.4 is 14.9 Å². The second-order valence-electron chi connectivity index (χ2n) is 5.91. The van der Waals surface area contributed by atoms with E-state index in [2.05, 4.69) is 22.1 Å². The van der Waals surface area contributed by atoms with E-state index in [0.717, 1.165) is 33.3 Å². The number of anilines is 1. The van der Waals surface area contributed by atoms with Gasteiger partial charge in [-0.05, 0) is 31.0 Å². The lowest BCUT2D eigenvalue weighted by Crippen LogP contribution is -2.01. The van der Waals surface area contributed by atoms with Crippen LogP contribution in [0.15, 0.2) is 65.6 Å². The van der Waals surface area contributed by atoms with Crippen molar-refractivity contribution < 1.29 is 9.47 Å². The topological polar surface area (TPSA) is 55.7 Å². The number of benzene rings is 2. The Labute approximate surface area is 169 Å². The minimum Gasteiger partial charge on any atom is -0.493 e. The maximum Gasteiger partial charge on any atom is 0.203 e. The number of aromatic nitrogens is 1. The Balaban J connectivity index is 1.76. The lowest BCUT2D eigenvalue weighted by Gasteiger charge is -2.14. The molecule has 144 valence electrons. The normalized spacial score (nSPS) is 10.8. The monoisotopic (exact) mass is 393 g/mol. The van der Waals surface area contributed by atoms with Gasteiger partial charge in [0.05, 0.1) is 25.6 Å². The van der Waals surface area contributed by atoms with Gasteiger partial charge in [0.1, 0.15) is 0 Å². The number of hydrogen-bond acceptors (Lipinski definition) is 6. The molecule has 0 aliphatic rings. The Hall–Kier alpha value is -3.12. The van der Waals surface area contributed by atoms with Gasteiger partial charge in [-0.1, -0.05) is 36.4 Å². The number of allylic oxidation sites excluding steroid dienone is 1. The summed E-state index contributed by atoms with van der Waals surface area (Å²) < 4.78 is 11.2. The lowest BCUT2D eigenvalue weighted by molar-refractivity contribution is 0.308. The Morgan fingerprint density at radius 1 is 1.25 bits per heavy atom. The van der Waals surface area contributed by atoms with Gasteiger partial charge < -0.3 is 9.47 Å². The van der Waals surface area contributed by atoms with E-state index in [1.165, 1.54) is 11.3 Å². The van der Waals surface area contributed by atoms with Gasteiger partial charge in [-0.25, -0.2) is 4.98 Å². The molecular weight excluding hydrogens is 370 g/mol. The summed E-state index contributed by atoms with van der Waals surface area (Å²) in [6, 6.07) is 14.0. The fourth-order valence-electron chi connectivity index (χ4n) is 2.75. The Morgan fingerprint density at radius 3 is 2.79 bits per heavy atom. The lowest BCUT2D eigenvalue weighted by atomic mass is 10.1. The molecule has 1 N–H and O–H groups in total. The summed E-state index contributed by atoms with van der Waals surface area (Å²) in [6.07, 6.45) is 4.28. The molecule has 6 heteroatoms. The average Bonchev–Trinajstić information content (AvgIpc) is 3.19. The molecule has 1 heterocycles. The molecule has 0 aliphatic heterocycles. The van der Waals surface area contributed by atoms with Crippen molar-refractivity contribution in [3.05, 3.63) is 71.6 Å². The largest absolute Gasteiger partial charge is 0.493 e. The Kier molecular flexibility index (Phi) is 6.81. The molecule has 5 nitrogen and oxygen atoms in total. The molecule has 28 heavy (non-hydrogen) atoms. The van der Waals surface area contributed by atoms with Crippen LogP contribution in [0, 0.1) is 0 Å². The molecular formula is C22H23N3O2S. The standard InChI is InChI=1S/C22H23N3O2S/c1-4-9-18-12-16(13-20(26-3)21(18)27-5-2)14-23-25-22-24-19(15-28-22)17-10-7-6-8-11-17/h4,6-8,10-15H,1,5,9H2,2-3H3,(H,24,25). The summed E-state index contributed by atoms with van der Waals surface area (Å²) in [5, 5.41) is 7.07. The second kappa shape index (κ2) is 9.71. The van der Waals surface area contributed by atoms with Gasteiger partial charge in [-0.3, -0.25) is 5.43 Å². The first-order valence-corrected chi connectivity index (χ1v) is 9.87. The zero-order valence-corrected chi connectivity index (χ0v) is 16.8. The third kappa shape index (κ3) is 4.78. The minimum absolute atomic E-state index is 0.573. The van der Waals surface area contributed by atoms with Gasteiger partial charge in [-0.15, -0.1) is 17.9 Å². The number of nitrogens with zero attached hydrogens (tertiary/aromatic N) is 2. The quantitative estimate of drug-likeness (QED) is 0.301. The van der Waals surface area contributed by atoms with Gasteiger partial charge in [-0.2, -0.15) is 5.10 Å². The van der Waals surface area contributed by atoms with Crippen LogP contribution in [0.1, 0.15) is 18.1 Å². The summed E-state index contributed by atoms with van der Waals surface area (Å²) >= 11 is 1.51. The van der Waals surface area contributed by atoms with Crippen LogP contribution in [0.25, 0.3) is 11.3 Å². The molecule has 0 aliphatic carbocycles. The predicted octanol–water partition coefficient (Wildman–Crippen LogP) is 5.39. The Morgan fingerprint density at radius 2 is 2.07 bits per heavy atom. The molecule has 0 amide bonds. The molecule has 2 aromatic carbocycles. The maximum absolute atomic E-state index is 5.74. The molecule has 0 fully saturated rings. The highest BCUT2D eigenvalue weighted by Gasteiger charge is 2.11. The number of nitrogens with one attached hydrogen (secondary N) is 1. The van der Waals surface area contributed by atoms with Crippen LogP contribution in [0.5, 0.6) is 11.5 Å². The minimum atomic E-state index is 0.573. The molecule has 3 aromatic rings. The van der Waals surface area contributed by atoms with E-state index in [1.807, 2.05) is 60.8 Å². The van der Waals surface area contributed by atoms with Crippen molar-refractivity contribution in [3.63, 3.8) is 0 Å². The molecule has 1 aromatic heterocycles. The third-order valence-electron chi connectivity index (χ3n) is 3.97. The number of methoxy groups -OCH3 is 1. The zero-order valence-electron chi connectivity index (χ0n) is 16.0. The van der Waals surface area contributed by atoms with Crippen molar-refractivity contribution in [2.24, 2.45) is 5.10 Å². The molecule has 0 spiro atoms. The van der Waals surface area contributed by atoms with Crippen molar-refractivity contribution in [3.8, 4) is 22.8 Å². The van der Waals surface area contributed by atoms with Gasteiger partial charge >= 0.3 is 0 Å². The van der Waals surface area contributed by atoms with E-state index in [0.29, 0.717) is 18.8 Å². The van der Waals surface area contributed by atoms with Crippen LogP contribution in [-0.4, -0.2) is 24.9 Å². The highest BCUT2D eigenvalue weighted by atomic mass is 32.1. The van der Waals surface area contributed by atoms with E-state index in [1.54, 1.807) is 13.3 Å². The fraction of sp³-hybridized carbons (Fsp3) is 0.182. The number of thiazole rings is 1.